The van der Waals surface area contributed by atoms with Gasteiger partial charge in [-0.2, -0.15) is 0 Å². The Morgan fingerprint density at radius 2 is 1.48 bits per heavy atom. The van der Waals surface area contributed by atoms with E-state index < -0.39 is 29.6 Å². The van der Waals surface area contributed by atoms with Crippen molar-refractivity contribution in [2.75, 3.05) is 20.3 Å². The third-order valence-corrected chi connectivity index (χ3v) is 5.32. The number of esters is 2. The van der Waals surface area contributed by atoms with Crippen molar-refractivity contribution in [3.63, 3.8) is 0 Å². The Hall–Kier alpha value is -2.90. The summed E-state index contributed by atoms with van der Waals surface area (Å²) in [6.45, 7) is 3.31. The molecule has 0 unspecified atom stereocenters. The summed E-state index contributed by atoms with van der Waals surface area (Å²) in [5.74, 6) is -2.53. The van der Waals surface area contributed by atoms with E-state index in [1.165, 1.54) is 7.11 Å². The molecule has 1 aliphatic heterocycles. The molecule has 0 amide bonds. The second kappa shape index (κ2) is 9.49. The summed E-state index contributed by atoms with van der Waals surface area (Å²) >= 11 is 5.92. The van der Waals surface area contributed by atoms with Gasteiger partial charge in [0.05, 0.1) is 26.2 Å². The van der Waals surface area contributed by atoms with Crippen LogP contribution >= 0.6 is 11.6 Å². The minimum Gasteiger partial charge on any atom is -0.497 e. The van der Waals surface area contributed by atoms with Gasteiger partial charge in [-0.3, -0.25) is 4.79 Å². The first-order valence-corrected chi connectivity index (χ1v) is 10.2. The van der Waals surface area contributed by atoms with Crippen molar-refractivity contribution >= 4 is 29.3 Å². The fourth-order valence-electron chi connectivity index (χ4n) is 3.60. The lowest BCUT2D eigenvalue weighted by Crippen LogP contribution is -2.70. The largest absolute Gasteiger partial charge is 0.497 e. The molecule has 0 N–H and O–H groups in total. The third kappa shape index (κ3) is 4.16. The van der Waals surface area contributed by atoms with Crippen LogP contribution in [0.25, 0.3) is 0 Å². The van der Waals surface area contributed by atoms with Gasteiger partial charge in [0.1, 0.15) is 11.9 Å². The molecular weight excluding hydrogens is 424 g/mol. The van der Waals surface area contributed by atoms with Crippen molar-refractivity contribution in [2.45, 2.75) is 31.5 Å². The fourth-order valence-corrected chi connectivity index (χ4v) is 3.72. The molecule has 8 heteroatoms. The summed E-state index contributed by atoms with van der Waals surface area (Å²) in [5.41, 5.74) is -1.19. The van der Waals surface area contributed by atoms with Crippen LogP contribution in [0.2, 0.25) is 5.02 Å². The predicted molar refractivity (Wildman–Crippen MR) is 112 cm³/mol. The van der Waals surface area contributed by atoms with Gasteiger partial charge in [0.2, 0.25) is 0 Å². The number of methoxy groups -OCH3 is 1. The van der Waals surface area contributed by atoms with E-state index in [-0.39, 0.29) is 19.0 Å². The van der Waals surface area contributed by atoms with Crippen LogP contribution in [-0.2, 0) is 23.8 Å². The minimum atomic E-state index is -2.08. The molecule has 2 aromatic carbocycles. The molecule has 7 nitrogen and oxygen atoms in total. The van der Waals surface area contributed by atoms with Crippen LogP contribution in [0.4, 0.5) is 0 Å². The Bertz CT molecular complexity index is 935. The van der Waals surface area contributed by atoms with Gasteiger partial charge in [0.15, 0.2) is 5.78 Å². The van der Waals surface area contributed by atoms with Crippen molar-refractivity contribution in [1.82, 2.24) is 0 Å². The first kappa shape index (κ1) is 22.8. The van der Waals surface area contributed by atoms with Crippen molar-refractivity contribution < 1.29 is 33.3 Å². The fraction of sp³-hybridized carbons (Fsp3) is 0.348. The number of benzene rings is 2. The number of Topliss-reactive ketones (excluding diaryl/α,β-unsaturated/α-hetero) is 1. The predicted octanol–water partition coefficient (Wildman–Crippen LogP) is 3.58. The molecule has 1 heterocycles. The molecule has 0 saturated carbocycles. The number of rotatable bonds is 8. The van der Waals surface area contributed by atoms with Crippen LogP contribution in [0.1, 0.15) is 35.7 Å². The van der Waals surface area contributed by atoms with Crippen LogP contribution in [0.15, 0.2) is 48.5 Å². The highest BCUT2D eigenvalue weighted by molar-refractivity contribution is 6.30. The molecule has 31 heavy (non-hydrogen) atoms. The van der Waals surface area contributed by atoms with Crippen molar-refractivity contribution in [3.8, 4) is 5.75 Å². The maximum absolute atomic E-state index is 13.2. The zero-order valence-electron chi connectivity index (χ0n) is 17.4. The Morgan fingerprint density at radius 3 is 1.97 bits per heavy atom. The lowest BCUT2D eigenvalue weighted by Gasteiger charge is -2.49. The Kier molecular flexibility index (Phi) is 6.97. The lowest BCUT2D eigenvalue weighted by atomic mass is 9.70. The third-order valence-electron chi connectivity index (χ3n) is 5.07. The van der Waals surface area contributed by atoms with Crippen LogP contribution in [-0.4, -0.2) is 49.8 Å². The lowest BCUT2D eigenvalue weighted by molar-refractivity contribution is -0.236. The van der Waals surface area contributed by atoms with E-state index in [1.54, 1.807) is 62.4 Å². The molecule has 0 spiro atoms. The van der Waals surface area contributed by atoms with Crippen LogP contribution in [0.3, 0.4) is 0 Å². The maximum atomic E-state index is 13.2. The van der Waals surface area contributed by atoms with Gasteiger partial charge in [0.25, 0.3) is 5.60 Å². The molecule has 0 aliphatic carbocycles. The van der Waals surface area contributed by atoms with Gasteiger partial charge in [-0.15, -0.1) is 0 Å². The van der Waals surface area contributed by atoms with E-state index in [9.17, 15) is 14.4 Å². The number of halogens is 1. The normalized spacial score (nSPS) is 19.1. The SMILES string of the molecule is CCOC(=O)C1(C(=O)OCC)O[C@H](C(=O)c2ccc(Cl)cc2)[C@H]1c1ccc(OC)cc1. The standard InChI is InChI=1S/C23H23ClO7/c1-4-29-21(26)23(22(27)30-5-2)18(14-8-12-17(28-3)13-9-14)20(31-23)19(25)15-6-10-16(24)11-7-15/h6-13,18,20H,4-5H2,1-3H3/t18-,20+/m1/s1. The maximum Gasteiger partial charge on any atom is 0.351 e. The molecule has 1 aliphatic rings. The monoisotopic (exact) mass is 446 g/mol. The Balaban J connectivity index is 2.07. The molecule has 1 fully saturated rings. The second-order valence-electron chi connectivity index (χ2n) is 6.84. The highest BCUT2D eigenvalue weighted by Gasteiger charge is 2.70. The van der Waals surface area contributed by atoms with Gasteiger partial charge < -0.3 is 18.9 Å². The van der Waals surface area contributed by atoms with E-state index in [2.05, 4.69) is 0 Å². The van der Waals surface area contributed by atoms with Crippen LogP contribution < -0.4 is 4.74 Å². The summed E-state index contributed by atoms with van der Waals surface area (Å²) in [5, 5.41) is 0.477. The highest BCUT2D eigenvalue weighted by Crippen LogP contribution is 2.49. The summed E-state index contributed by atoms with van der Waals surface area (Å²) in [6.07, 6.45) is -1.09. The average molecular weight is 447 g/mol. The minimum absolute atomic E-state index is 0.0362. The van der Waals surface area contributed by atoms with Crippen molar-refractivity contribution in [3.05, 3.63) is 64.7 Å². The van der Waals surface area contributed by atoms with E-state index in [1.807, 2.05) is 0 Å². The summed E-state index contributed by atoms with van der Waals surface area (Å²) in [4.78, 5) is 39.0. The summed E-state index contributed by atoms with van der Waals surface area (Å²) in [6, 6.07) is 13.0. The van der Waals surface area contributed by atoms with E-state index >= 15 is 0 Å². The number of ketones is 1. The van der Waals surface area contributed by atoms with Gasteiger partial charge in [-0.25, -0.2) is 9.59 Å². The second-order valence-corrected chi connectivity index (χ2v) is 7.27. The first-order chi connectivity index (χ1) is 14.9. The number of hydrogen-bond donors (Lipinski definition) is 0. The molecule has 0 bridgehead atoms. The molecule has 0 radical (unpaired) electrons. The van der Waals surface area contributed by atoms with Gasteiger partial charge >= 0.3 is 11.9 Å². The number of hydrogen-bond acceptors (Lipinski definition) is 7. The van der Waals surface area contributed by atoms with Crippen LogP contribution in [0, 0.1) is 0 Å². The van der Waals surface area contributed by atoms with Gasteiger partial charge in [-0.1, -0.05) is 23.7 Å². The molecule has 164 valence electrons. The van der Waals surface area contributed by atoms with Gasteiger partial charge in [-0.05, 0) is 55.8 Å². The van der Waals surface area contributed by atoms with E-state index in [0.717, 1.165) is 0 Å². The highest BCUT2D eigenvalue weighted by atomic mass is 35.5. The quantitative estimate of drug-likeness (QED) is 0.348. The summed E-state index contributed by atoms with van der Waals surface area (Å²) < 4.78 is 21.2. The van der Waals surface area contributed by atoms with Gasteiger partial charge in [0, 0.05) is 10.6 Å². The number of ether oxygens (including phenoxy) is 4. The number of carbonyl (C=O) groups excluding carboxylic acids is 3. The van der Waals surface area contributed by atoms with E-state index in [0.29, 0.717) is 21.9 Å². The van der Waals surface area contributed by atoms with Crippen molar-refractivity contribution in [2.24, 2.45) is 0 Å². The first-order valence-electron chi connectivity index (χ1n) is 9.85. The number of carbonyl (C=O) groups is 3. The van der Waals surface area contributed by atoms with Crippen molar-refractivity contribution in [1.29, 1.82) is 0 Å². The Morgan fingerprint density at radius 1 is 0.935 bits per heavy atom. The van der Waals surface area contributed by atoms with E-state index in [4.69, 9.17) is 30.5 Å². The smallest absolute Gasteiger partial charge is 0.351 e. The average Bonchev–Trinajstić information content (AvgIpc) is 2.74. The molecule has 0 aromatic heterocycles. The zero-order valence-corrected chi connectivity index (χ0v) is 18.2. The Labute approximate surface area is 185 Å². The zero-order chi connectivity index (χ0) is 22.6. The molecular formula is C23H23ClO7. The molecule has 2 aromatic rings. The van der Waals surface area contributed by atoms with Crippen LogP contribution in [0.5, 0.6) is 5.75 Å². The summed E-state index contributed by atoms with van der Waals surface area (Å²) in [7, 11) is 1.52. The molecule has 1 saturated heterocycles. The molecule has 3 rings (SSSR count). The topological polar surface area (TPSA) is 88.1 Å². The molecule has 2 atom stereocenters.